The number of hydrogen-bond donors (Lipinski definition) is 3. The minimum Gasteiger partial charge on any atom is -0.494 e. The standard InChI is InChI=1S/C16H15N3OS/c1-2-20-11-5-3-4-10(8-11)17-16-13-9-14-12(6-7-21-14)15(13)18-19-16/h3-9,17-19H,2H2,1H3. The van der Waals surface area contributed by atoms with E-state index in [2.05, 4.69) is 33.0 Å². The highest BCUT2D eigenvalue weighted by Crippen LogP contribution is 2.40. The molecule has 1 aliphatic heterocycles. The Morgan fingerprint density at radius 3 is 3.05 bits per heavy atom. The van der Waals surface area contributed by atoms with Crippen LogP contribution < -0.4 is 10.1 Å². The van der Waals surface area contributed by atoms with Crippen molar-refractivity contribution in [3.63, 3.8) is 0 Å². The Balaban J connectivity index is 1.68. The summed E-state index contributed by atoms with van der Waals surface area (Å²) in [4.78, 5) is 0. The molecule has 2 heterocycles. The average Bonchev–Trinajstić information content (AvgIpc) is 3.13. The van der Waals surface area contributed by atoms with Crippen LogP contribution in [0.2, 0.25) is 0 Å². The molecule has 1 aromatic heterocycles. The van der Waals surface area contributed by atoms with Crippen LogP contribution in [0.5, 0.6) is 5.75 Å². The molecule has 0 amide bonds. The van der Waals surface area contributed by atoms with E-state index in [9.17, 15) is 0 Å². The van der Waals surface area contributed by atoms with Gasteiger partial charge in [-0.1, -0.05) is 6.07 Å². The molecular formula is C16H15N3OS. The number of H-pyrrole nitrogens is 2. The molecule has 21 heavy (non-hydrogen) atoms. The van der Waals surface area contributed by atoms with Crippen molar-refractivity contribution in [2.75, 3.05) is 11.9 Å². The minimum atomic E-state index is 0.670. The molecule has 4 nitrogen and oxygen atoms in total. The molecule has 4 rings (SSSR count). The molecule has 3 N–H and O–H groups in total. The molecule has 2 aromatic rings. The molecule has 1 aromatic carbocycles. The molecule has 0 bridgehead atoms. The first-order valence-electron chi connectivity index (χ1n) is 6.91. The number of fused-ring (bicyclic) bond motifs is 3. The summed E-state index contributed by atoms with van der Waals surface area (Å²) >= 11 is 1.76. The van der Waals surface area contributed by atoms with Gasteiger partial charge in [-0.15, -0.1) is 11.3 Å². The Morgan fingerprint density at radius 2 is 2.14 bits per heavy atom. The normalized spacial score (nSPS) is 11.3. The Bertz CT molecular complexity index is 857. The van der Waals surface area contributed by atoms with Crippen LogP contribution in [0.1, 0.15) is 6.92 Å². The van der Waals surface area contributed by atoms with Gasteiger partial charge in [0.25, 0.3) is 0 Å². The fraction of sp³-hybridized carbons (Fsp3) is 0.125. The van der Waals surface area contributed by atoms with Crippen LogP contribution in [0.3, 0.4) is 0 Å². The summed E-state index contributed by atoms with van der Waals surface area (Å²) in [7, 11) is 0. The first-order chi connectivity index (χ1) is 10.3. The molecule has 5 heteroatoms. The van der Waals surface area contributed by atoms with Crippen molar-refractivity contribution in [3.05, 3.63) is 41.8 Å². The number of anilines is 2. The van der Waals surface area contributed by atoms with Gasteiger partial charge in [-0.05, 0) is 36.6 Å². The Labute approximate surface area is 126 Å². The second kappa shape index (κ2) is 4.86. The van der Waals surface area contributed by atoms with Crippen molar-refractivity contribution in [1.29, 1.82) is 0 Å². The fourth-order valence-electron chi connectivity index (χ4n) is 2.59. The van der Waals surface area contributed by atoms with Crippen molar-refractivity contribution in [2.45, 2.75) is 6.92 Å². The van der Waals surface area contributed by atoms with E-state index < -0.39 is 0 Å². The first kappa shape index (κ1) is 12.3. The Kier molecular flexibility index (Phi) is 2.86. The summed E-state index contributed by atoms with van der Waals surface area (Å²) in [6, 6.07) is 12.3. The van der Waals surface area contributed by atoms with E-state index in [-0.39, 0.29) is 0 Å². The van der Waals surface area contributed by atoms with E-state index in [1.807, 2.05) is 31.2 Å². The zero-order valence-corrected chi connectivity index (χ0v) is 12.4. The van der Waals surface area contributed by atoms with Crippen LogP contribution in [0.15, 0.2) is 41.8 Å². The smallest absolute Gasteiger partial charge is 0.132 e. The highest BCUT2D eigenvalue weighted by atomic mass is 32.1. The van der Waals surface area contributed by atoms with Gasteiger partial charge in [0.05, 0.1) is 12.3 Å². The van der Waals surface area contributed by atoms with E-state index in [0.29, 0.717) is 6.61 Å². The lowest BCUT2D eigenvalue weighted by atomic mass is 10.2. The van der Waals surface area contributed by atoms with Crippen LogP contribution in [0.25, 0.3) is 21.3 Å². The fourth-order valence-corrected chi connectivity index (χ4v) is 3.42. The number of aromatic nitrogens is 2. The van der Waals surface area contributed by atoms with Crippen LogP contribution >= 0.6 is 11.3 Å². The summed E-state index contributed by atoms with van der Waals surface area (Å²) in [5.74, 6) is 1.85. The summed E-state index contributed by atoms with van der Waals surface area (Å²) in [6.45, 7) is 2.66. The maximum atomic E-state index is 5.53. The molecule has 0 saturated carbocycles. The average molecular weight is 297 g/mol. The van der Waals surface area contributed by atoms with Gasteiger partial charge in [-0.3, -0.25) is 10.2 Å². The van der Waals surface area contributed by atoms with Crippen LogP contribution in [0, 0.1) is 0 Å². The van der Waals surface area contributed by atoms with Gasteiger partial charge in [0.15, 0.2) is 0 Å². The Hall–Kier alpha value is -2.40. The summed E-state index contributed by atoms with van der Waals surface area (Å²) < 4.78 is 6.83. The summed E-state index contributed by atoms with van der Waals surface area (Å²) in [5.41, 5.74) is 3.33. The van der Waals surface area contributed by atoms with Gasteiger partial charge in [0, 0.05) is 27.4 Å². The second-order valence-electron chi connectivity index (χ2n) is 4.84. The van der Waals surface area contributed by atoms with Gasteiger partial charge >= 0.3 is 0 Å². The molecule has 0 radical (unpaired) electrons. The third kappa shape index (κ3) is 2.06. The SMILES string of the molecule is CCOc1cccc(Nc2[nH][nH]c3c4ccsc4cc2-3)c1. The summed E-state index contributed by atoms with van der Waals surface area (Å²) in [5, 5.41) is 13.2. The van der Waals surface area contributed by atoms with Gasteiger partial charge in [-0.25, -0.2) is 0 Å². The van der Waals surface area contributed by atoms with Crippen molar-refractivity contribution < 1.29 is 4.74 Å². The predicted octanol–water partition coefficient (Wildman–Crippen LogP) is 4.80. The largest absolute Gasteiger partial charge is 0.494 e. The molecule has 0 spiro atoms. The molecule has 1 aliphatic carbocycles. The molecule has 106 valence electrons. The maximum Gasteiger partial charge on any atom is 0.132 e. The van der Waals surface area contributed by atoms with Gasteiger partial charge in [0.2, 0.25) is 0 Å². The van der Waals surface area contributed by atoms with Gasteiger partial charge < -0.3 is 10.1 Å². The van der Waals surface area contributed by atoms with E-state index >= 15 is 0 Å². The van der Waals surface area contributed by atoms with Crippen molar-refractivity contribution in [2.24, 2.45) is 0 Å². The van der Waals surface area contributed by atoms with Crippen molar-refractivity contribution in [3.8, 4) is 17.0 Å². The molecular weight excluding hydrogens is 282 g/mol. The minimum absolute atomic E-state index is 0.670. The third-order valence-electron chi connectivity index (χ3n) is 3.51. The molecule has 0 fully saturated rings. The summed E-state index contributed by atoms with van der Waals surface area (Å²) in [6.07, 6.45) is 0. The van der Waals surface area contributed by atoms with Crippen molar-refractivity contribution >= 4 is 32.9 Å². The molecule has 0 saturated heterocycles. The number of hydrogen-bond acceptors (Lipinski definition) is 3. The number of benzene rings is 1. The van der Waals surface area contributed by atoms with Crippen LogP contribution in [-0.4, -0.2) is 16.8 Å². The quantitative estimate of drug-likeness (QED) is 0.506. The predicted molar refractivity (Wildman–Crippen MR) is 88.0 cm³/mol. The molecule has 0 unspecified atom stereocenters. The monoisotopic (exact) mass is 297 g/mol. The number of rotatable bonds is 4. The zero-order valence-electron chi connectivity index (χ0n) is 11.6. The van der Waals surface area contributed by atoms with E-state index in [0.717, 1.165) is 22.9 Å². The third-order valence-corrected chi connectivity index (χ3v) is 4.37. The lowest BCUT2D eigenvalue weighted by Crippen LogP contribution is -1.94. The van der Waals surface area contributed by atoms with Crippen LogP contribution in [-0.2, 0) is 0 Å². The molecule has 0 atom stereocenters. The number of thiophene rings is 1. The molecule has 2 aliphatic rings. The maximum absolute atomic E-state index is 5.53. The van der Waals surface area contributed by atoms with Crippen LogP contribution in [0.4, 0.5) is 11.5 Å². The zero-order chi connectivity index (χ0) is 14.2. The van der Waals surface area contributed by atoms with E-state index in [4.69, 9.17) is 4.74 Å². The number of ether oxygens (including phenoxy) is 1. The number of nitrogens with one attached hydrogen (secondary N) is 3. The lowest BCUT2D eigenvalue weighted by molar-refractivity contribution is 0.340. The highest BCUT2D eigenvalue weighted by molar-refractivity contribution is 7.17. The topological polar surface area (TPSA) is 52.8 Å². The van der Waals surface area contributed by atoms with Gasteiger partial charge in [-0.2, -0.15) is 0 Å². The Morgan fingerprint density at radius 1 is 1.19 bits per heavy atom. The van der Waals surface area contributed by atoms with Gasteiger partial charge in [0.1, 0.15) is 11.6 Å². The first-order valence-corrected chi connectivity index (χ1v) is 7.79. The van der Waals surface area contributed by atoms with Crippen molar-refractivity contribution in [1.82, 2.24) is 10.2 Å². The van der Waals surface area contributed by atoms with E-state index in [1.165, 1.54) is 15.6 Å². The number of aromatic amines is 2. The highest BCUT2D eigenvalue weighted by Gasteiger charge is 2.17. The second-order valence-corrected chi connectivity index (χ2v) is 5.79. The van der Waals surface area contributed by atoms with E-state index in [1.54, 1.807) is 11.3 Å². The lowest BCUT2D eigenvalue weighted by Gasteiger charge is -2.07.